The smallest absolute Gasteiger partial charge is 0.161 e. The second kappa shape index (κ2) is 8.30. The van der Waals surface area contributed by atoms with Gasteiger partial charge in [0.15, 0.2) is 17.3 Å². The Bertz CT molecular complexity index is 1250. The Morgan fingerprint density at radius 2 is 1.72 bits per heavy atom. The van der Waals surface area contributed by atoms with E-state index in [1.54, 1.807) is 14.2 Å². The molecule has 1 aliphatic carbocycles. The number of fused-ring (bicyclic) bond motifs is 3. The third kappa shape index (κ3) is 3.54. The molecule has 0 aliphatic heterocycles. The van der Waals surface area contributed by atoms with Gasteiger partial charge in [0.05, 0.1) is 19.9 Å². The molecule has 1 atom stereocenters. The summed E-state index contributed by atoms with van der Waals surface area (Å²) in [5.41, 5.74) is 6.47. The van der Waals surface area contributed by atoms with Gasteiger partial charge in [-0.15, -0.1) is 0 Å². The van der Waals surface area contributed by atoms with E-state index in [-0.39, 0.29) is 5.92 Å². The van der Waals surface area contributed by atoms with E-state index in [1.807, 2.05) is 48.5 Å². The summed E-state index contributed by atoms with van der Waals surface area (Å²) in [6.45, 7) is 2.70. The number of aromatic nitrogens is 2. The fraction of sp³-hybridized carbons (Fsp3) is 0.192. The van der Waals surface area contributed by atoms with E-state index in [2.05, 4.69) is 40.6 Å². The van der Waals surface area contributed by atoms with Crippen LogP contribution in [0.2, 0.25) is 0 Å². The van der Waals surface area contributed by atoms with Gasteiger partial charge in [-0.2, -0.15) is 5.10 Å². The van der Waals surface area contributed by atoms with Crippen LogP contribution in [0.25, 0.3) is 11.3 Å². The van der Waals surface area contributed by atoms with E-state index >= 15 is 0 Å². The van der Waals surface area contributed by atoms with Crippen molar-refractivity contribution in [1.29, 1.82) is 0 Å². The summed E-state index contributed by atoms with van der Waals surface area (Å²) in [7, 11) is 3.31. The molecule has 32 heavy (non-hydrogen) atoms. The minimum absolute atomic E-state index is 0.165. The Labute approximate surface area is 187 Å². The highest BCUT2D eigenvalue weighted by Crippen LogP contribution is 2.50. The maximum Gasteiger partial charge on any atom is 0.161 e. The molecule has 0 bridgehead atoms. The van der Waals surface area contributed by atoms with Crippen LogP contribution in [-0.4, -0.2) is 24.4 Å². The molecule has 1 aromatic heterocycles. The van der Waals surface area contributed by atoms with E-state index in [4.69, 9.17) is 14.2 Å². The van der Waals surface area contributed by atoms with Gasteiger partial charge in [-0.1, -0.05) is 43.3 Å². The Morgan fingerprint density at radius 3 is 2.50 bits per heavy atom. The van der Waals surface area contributed by atoms with E-state index in [1.165, 1.54) is 5.56 Å². The van der Waals surface area contributed by atoms with Crippen molar-refractivity contribution in [2.75, 3.05) is 19.5 Å². The molecular formula is C26H25N3O3. The van der Waals surface area contributed by atoms with Crippen LogP contribution in [-0.2, 0) is 6.61 Å². The topological polar surface area (TPSA) is 68.4 Å². The van der Waals surface area contributed by atoms with Crippen molar-refractivity contribution in [3.05, 3.63) is 83.4 Å². The molecule has 1 unspecified atom stereocenters. The molecule has 6 nitrogen and oxygen atoms in total. The predicted molar refractivity (Wildman–Crippen MR) is 125 cm³/mol. The van der Waals surface area contributed by atoms with Gasteiger partial charge in [0.25, 0.3) is 0 Å². The first kappa shape index (κ1) is 20.0. The van der Waals surface area contributed by atoms with Crippen molar-refractivity contribution < 1.29 is 14.2 Å². The van der Waals surface area contributed by atoms with E-state index < -0.39 is 0 Å². The molecule has 0 spiro atoms. The molecule has 0 saturated carbocycles. The zero-order chi connectivity index (χ0) is 22.1. The maximum atomic E-state index is 5.97. The van der Waals surface area contributed by atoms with Crippen molar-refractivity contribution in [2.24, 2.45) is 0 Å². The fourth-order valence-corrected chi connectivity index (χ4v) is 4.24. The molecule has 6 heteroatoms. The number of hydrogen-bond acceptors (Lipinski definition) is 5. The van der Waals surface area contributed by atoms with Crippen LogP contribution in [0.3, 0.4) is 0 Å². The number of rotatable bonds is 7. The lowest BCUT2D eigenvalue weighted by Crippen LogP contribution is -1.99. The Balaban J connectivity index is 1.39. The maximum absolute atomic E-state index is 5.97. The number of methoxy groups -OCH3 is 2. The number of benzene rings is 3. The molecule has 1 aliphatic rings. The van der Waals surface area contributed by atoms with Crippen LogP contribution >= 0.6 is 0 Å². The van der Waals surface area contributed by atoms with Crippen LogP contribution < -0.4 is 19.5 Å². The highest BCUT2D eigenvalue weighted by Gasteiger charge is 2.32. The molecule has 0 amide bonds. The zero-order valence-corrected chi connectivity index (χ0v) is 18.3. The second-order valence-electron chi connectivity index (χ2n) is 7.80. The quantitative estimate of drug-likeness (QED) is 0.385. The number of H-pyrrole nitrogens is 1. The Kier molecular flexibility index (Phi) is 5.19. The average molecular weight is 428 g/mol. The normalized spacial score (nSPS) is 13.9. The van der Waals surface area contributed by atoms with Crippen molar-refractivity contribution >= 4 is 11.5 Å². The van der Waals surface area contributed by atoms with E-state index in [0.29, 0.717) is 12.4 Å². The first-order valence-electron chi connectivity index (χ1n) is 10.6. The zero-order valence-electron chi connectivity index (χ0n) is 18.3. The van der Waals surface area contributed by atoms with Gasteiger partial charge in [0.1, 0.15) is 12.4 Å². The average Bonchev–Trinajstić information content (AvgIpc) is 3.36. The third-order valence-corrected chi connectivity index (χ3v) is 5.87. The van der Waals surface area contributed by atoms with Gasteiger partial charge in [-0.05, 0) is 35.4 Å². The monoisotopic (exact) mass is 427 g/mol. The lowest BCUT2D eigenvalue weighted by molar-refractivity contribution is 0.306. The van der Waals surface area contributed by atoms with Gasteiger partial charge >= 0.3 is 0 Å². The lowest BCUT2D eigenvalue weighted by atomic mass is 9.99. The highest BCUT2D eigenvalue weighted by atomic mass is 16.5. The Hall–Kier alpha value is -3.93. The minimum atomic E-state index is 0.165. The summed E-state index contributed by atoms with van der Waals surface area (Å²) >= 11 is 0. The number of ether oxygens (including phenoxy) is 3. The second-order valence-corrected chi connectivity index (χ2v) is 7.80. The number of nitrogens with one attached hydrogen (secondary N) is 2. The Morgan fingerprint density at radius 1 is 0.938 bits per heavy atom. The molecule has 2 N–H and O–H groups in total. The predicted octanol–water partition coefficient (Wildman–Crippen LogP) is 5.88. The van der Waals surface area contributed by atoms with Gasteiger partial charge in [-0.3, -0.25) is 5.10 Å². The SMILES string of the molecule is COc1cc2c(cc1OC)C(C)c1c(Nc3cccc(OCc4ccccc4)c3)n[nH]c1-2. The fourth-order valence-electron chi connectivity index (χ4n) is 4.24. The number of aromatic amines is 1. The lowest BCUT2D eigenvalue weighted by Gasteiger charge is -2.13. The molecule has 5 rings (SSSR count). The summed E-state index contributed by atoms with van der Waals surface area (Å²) in [5, 5.41) is 11.2. The minimum Gasteiger partial charge on any atom is -0.493 e. The van der Waals surface area contributed by atoms with Crippen molar-refractivity contribution in [1.82, 2.24) is 10.2 Å². The number of anilines is 2. The van der Waals surface area contributed by atoms with Gasteiger partial charge < -0.3 is 19.5 Å². The molecular weight excluding hydrogens is 402 g/mol. The van der Waals surface area contributed by atoms with Gasteiger partial charge in [0, 0.05) is 28.8 Å². The van der Waals surface area contributed by atoms with Gasteiger partial charge in [-0.25, -0.2) is 0 Å². The standard InChI is InChI=1S/C26H25N3O3/c1-16-20-13-22(30-2)23(31-3)14-21(20)25-24(16)26(29-28-25)27-18-10-7-11-19(12-18)32-15-17-8-5-4-6-9-17/h4-14,16H,15H2,1-3H3,(H2,27,28,29). The highest BCUT2D eigenvalue weighted by molar-refractivity contribution is 5.83. The largest absolute Gasteiger partial charge is 0.493 e. The molecule has 0 radical (unpaired) electrons. The molecule has 1 heterocycles. The van der Waals surface area contributed by atoms with Crippen molar-refractivity contribution in [2.45, 2.75) is 19.4 Å². The third-order valence-electron chi connectivity index (χ3n) is 5.87. The van der Waals surface area contributed by atoms with Crippen LogP contribution in [0.1, 0.15) is 29.5 Å². The number of nitrogens with zero attached hydrogens (tertiary/aromatic N) is 1. The van der Waals surface area contributed by atoms with E-state index in [0.717, 1.165) is 45.4 Å². The summed E-state index contributed by atoms with van der Waals surface area (Å²) in [6.07, 6.45) is 0. The molecule has 3 aromatic carbocycles. The molecule has 4 aromatic rings. The van der Waals surface area contributed by atoms with Crippen molar-refractivity contribution in [3.63, 3.8) is 0 Å². The molecule has 162 valence electrons. The first-order valence-corrected chi connectivity index (χ1v) is 10.6. The van der Waals surface area contributed by atoms with Crippen molar-refractivity contribution in [3.8, 4) is 28.5 Å². The van der Waals surface area contributed by atoms with Crippen LogP contribution in [0.5, 0.6) is 17.2 Å². The summed E-state index contributed by atoms with van der Waals surface area (Å²) in [6, 6.07) is 22.1. The van der Waals surface area contributed by atoms with E-state index in [9.17, 15) is 0 Å². The molecule has 0 saturated heterocycles. The van der Waals surface area contributed by atoms with Crippen LogP contribution in [0, 0.1) is 0 Å². The van der Waals surface area contributed by atoms with Crippen LogP contribution in [0.4, 0.5) is 11.5 Å². The molecule has 0 fully saturated rings. The first-order chi connectivity index (χ1) is 15.7. The summed E-state index contributed by atoms with van der Waals surface area (Å²) < 4.78 is 17.0. The summed E-state index contributed by atoms with van der Waals surface area (Å²) in [4.78, 5) is 0. The summed E-state index contributed by atoms with van der Waals surface area (Å²) in [5.74, 6) is 3.21. The van der Waals surface area contributed by atoms with Gasteiger partial charge in [0.2, 0.25) is 0 Å². The van der Waals surface area contributed by atoms with Crippen LogP contribution in [0.15, 0.2) is 66.7 Å². The number of hydrogen-bond donors (Lipinski definition) is 2.